The van der Waals surface area contributed by atoms with Gasteiger partial charge < -0.3 is 10.2 Å². The molecule has 0 aliphatic heterocycles. The summed E-state index contributed by atoms with van der Waals surface area (Å²) in [7, 11) is 0. The Kier molecular flexibility index (Phi) is 2.29. The largest absolute Gasteiger partial charge is 0.312 e. The maximum absolute atomic E-state index is 9.58. The molecule has 0 fully saturated rings. The number of carbonyl (C=O) groups is 1. The molecule has 0 aromatic heterocycles. The minimum atomic E-state index is -0.204. The molecular formula is C4H7NO. The summed E-state index contributed by atoms with van der Waals surface area (Å²) in [5.74, 6) is -0.204. The Hall–Kier alpha value is -0.660. The Labute approximate surface area is 36.7 Å². The van der Waals surface area contributed by atoms with Crippen LogP contribution in [0.2, 0.25) is 0 Å². The minimum Gasteiger partial charge on any atom is -0.312 e. The van der Waals surface area contributed by atoms with Crippen LogP contribution in [0.3, 0.4) is 0 Å². The first-order valence-electron chi connectivity index (χ1n) is 1.77. The third-order valence-corrected chi connectivity index (χ3v) is 0.478. The van der Waals surface area contributed by atoms with E-state index in [9.17, 15) is 4.79 Å². The van der Waals surface area contributed by atoms with Gasteiger partial charge in [-0.15, -0.1) is 0 Å². The molecule has 0 saturated carbocycles. The summed E-state index contributed by atoms with van der Waals surface area (Å²) in [5.41, 5.74) is 0. The number of aldehydes is 1. The number of hydrogen-bond acceptors (Lipinski definition) is 2. The van der Waals surface area contributed by atoms with E-state index in [0.29, 0.717) is 0 Å². The van der Waals surface area contributed by atoms with Crippen molar-refractivity contribution in [1.82, 2.24) is 0 Å². The fraction of sp³-hybridized carbons (Fsp3) is 0.500. The average molecular weight is 85.1 g/mol. The normalized spacial score (nSPS) is 12.8. The lowest BCUT2D eigenvalue weighted by molar-refractivity contribution is -0.109. The SMILES string of the molecule is CC(C=N)C=O. The van der Waals surface area contributed by atoms with Crippen molar-refractivity contribution >= 4 is 12.5 Å². The Morgan fingerprint density at radius 3 is 2.33 bits per heavy atom. The molecule has 1 unspecified atom stereocenters. The van der Waals surface area contributed by atoms with Crippen molar-refractivity contribution in [3.05, 3.63) is 0 Å². The predicted octanol–water partition coefficient (Wildman–Crippen LogP) is 0.471. The van der Waals surface area contributed by atoms with Gasteiger partial charge in [-0.25, -0.2) is 0 Å². The van der Waals surface area contributed by atoms with Gasteiger partial charge in [0.2, 0.25) is 0 Å². The van der Waals surface area contributed by atoms with E-state index < -0.39 is 0 Å². The van der Waals surface area contributed by atoms with Crippen molar-refractivity contribution in [2.45, 2.75) is 6.92 Å². The molecule has 0 spiro atoms. The number of hydrogen-bond donors (Lipinski definition) is 1. The maximum atomic E-state index is 9.58. The summed E-state index contributed by atoms with van der Waals surface area (Å²) in [6.45, 7) is 1.67. The topological polar surface area (TPSA) is 40.9 Å². The quantitative estimate of drug-likeness (QED) is 0.384. The van der Waals surface area contributed by atoms with Crippen molar-refractivity contribution in [3.63, 3.8) is 0 Å². The van der Waals surface area contributed by atoms with Crippen LogP contribution in [0.5, 0.6) is 0 Å². The zero-order chi connectivity index (χ0) is 4.99. The van der Waals surface area contributed by atoms with Crippen LogP contribution >= 0.6 is 0 Å². The third kappa shape index (κ3) is 1.64. The highest BCUT2D eigenvalue weighted by Crippen LogP contribution is 1.76. The number of rotatable bonds is 2. The Morgan fingerprint density at radius 2 is 2.33 bits per heavy atom. The lowest BCUT2D eigenvalue weighted by atomic mass is 10.2. The molecule has 0 rings (SSSR count). The molecule has 0 radical (unpaired) electrons. The van der Waals surface area contributed by atoms with E-state index in [1.807, 2.05) is 0 Å². The van der Waals surface area contributed by atoms with Crippen LogP contribution in [-0.2, 0) is 4.79 Å². The molecule has 0 bridgehead atoms. The lowest BCUT2D eigenvalue weighted by Gasteiger charge is -1.81. The predicted molar refractivity (Wildman–Crippen MR) is 24.0 cm³/mol. The number of nitrogens with one attached hydrogen (secondary N) is 1. The molecule has 34 valence electrons. The van der Waals surface area contributed by atoms with Crippen LogP contribution in [0, 0.1) is 11.3 Å². The fourth-order valence-electron chi connectivity index (χ4n) is 0.0393. The van der Waals surface area contributed by atoms with Gasteiger partial charge in [0, 0.05) is 12.1 Å². The summed E-state index contributed by atoms with van der Waals surface area (Å²) in [4.78, 5) is 9.58. The third-order valence-electron chi connectivity index (χ3n) is 0.478. The highest BCUT2D eigenvalue weighted by Gasteiger charge is 1.86. The van der Waals surface area contributed by atoms with E-state index >= 15 is 0 Å². The second-order valence-electron chi connectivity index (χ2n) is 1.16. The molecule has 0 aromatic rings. The van der Waals surface area contributed by atoms with Gasteiger partial charge in [-0.05, 0) is 0 Å². The summed E-state index contributed by atoms with van der Waals surface area (Å²) >= 11 is 0. The van der Waals surface area contributed by atoms with E-state index in [0.717, 1.165) is 12.5 Å². The Balaban J connectivity index is 3.21. The van der Waals surface area contributed by atoms with Crippen LogP contribution in [0.15, 0.2) is 0 Å². The molecular weight excluding hydrogens is 78.0 g/mol. The van der Waals surface area contributed by atoms with Gasteiger partial charge >= 0.3 is 0 Å². The van der Waals surface area contributed by atoms with Crippen LogP contribution < -0.4 is 0 Å². The zero-order valence-corrected chi connectivity index (χ0v) is 3.64. The Bertz CT molecular complexity index is 52.6. The van der Waals surface area contributed by atoms with Gasteiger partial charge in [-0.1, -0.05) is 6.92 Å². The number of carbonyl (C=O) groups excluding carboxylic acids is 1. The van der Waals surface area contributed by atoms with Crippen LogP contribution in [0.1, 0.15) is 6.92 Å². The molecule has 1 atom stereocenters. The van der Waals surface area contributed by atoms with Gasteiger partial charge in [0.15, 0.2) is 0 Å². The molecule has 1 N–H and O–H groups in total. The first-order valence-corrected chi connectivity index (χ1v) is 1.77. The van der Waals surface area contributed by atoms with Gasteiger partial charge in [-0.2, -0.15) is 0 Å². The highest BCUT2D eigenvalue weighted by molar-refractivity contribution is 5.77. The van der Waals surface area contributed by atoms with Gasteiger partial charge in [0.25, 0.3) is 0 Å². The molecule has 0 aromatic carbocycles. The standard InChI is InChI=1S/C4H7NO/c1-4(2-5)3-6/h2-5H,1H3. The first kappa shape index (κ1) is 5.34. The van der Waals surface area contributed by atoms with Crippen molar-refractivity contribution in [3.8, 4) is 0 Å². The van der Waals surface area contributed by atoms with Gasteiger partial charge in [0.1, 0.15) is 6.29 Å². The van der Waals surface area contributed by atoms with Gasteiger partial charge in [0.05, 0.1) is 0 Å². The van der Waals surface area contributed by atoms with Crippen LogP contribution in [0.25, 0.3) is 0 Å². The molecule has 0 heterocycles. The van der Waals surface area contributed by atoms with E-state index in [4.69, 9.17) is 5.41 Å². The molecule has 0 saturated heterocycles. The van der Waals surface area contributed by atoms with Crippen molar-refractivity contribution < 1.29 is 4.79 Å². The Morgan fingerprint density at radius 1 is 1.83 bits per heavy atom. The molecule has 6 heavy (non-hydrogen) atoms. The van der Waals surface area contributed by atoms with E-state index in [1.165, 1.54) is 0 Å². The summed E-state index contributed by atoms with van der Waals surface area (Å²) < 4.78 is 0. The summed E-state index contributed by atoms with van der Waals surface area (Å²) in [6.07, 6.45) is 1.83. The zero-order valence-electron chi connectivity index (χ0n) is 3.64. The second-order valence-corrected chi connectivity index (χ2v) is 1.16. The monoisotopic (exact) mass is 85.1 g/mol. The molecule has 0 aliphatic rings. The molecule has 0 amide bonds. The fourth-order valence-corrected chi connectivity index (χ4v) is 0.0393. The van der Waals surface area contributed by atoms with Crippen LogP contribution in [-0.4, -0.2) is 12.5 Å². The lowest BCUT2D eigenvalue weighted by Crippen LogP contribution is -1.93. The maximum Gasteiger partial charge on any atom is 0.128 e. The molecule has 2 heteroatoms. The molecule has 2 nitrogen and oxygen atoms in total. The van der Waals surface area contributed by atoms with E-state index in [1.54, 1.807) is 6.92 Å². The first-order chi connectivity index (χ1) is 2.81. The van der Waals surface area contributed by atoms with Gasteiger partial charge in [-0.3, -0.25) is 0 Å². The van der Waals surface area contributed by atoms with E-state index in [-0.39, 0.29) is 5.92 Å². The van der Waals surface area contributed by atoms with Crippen LogP contribution in [0.4, 0.5) is 0 Å². The summed E-state index contributed by atoms with van der Waals surface area (Å²) in [5, 5.41) is 6.45. The highest BCUT2D eigenvalue weighted by atomic mass is 16.1. The minimum absolute atomic E-state index is 0.204. The second kappa shape index (κ2) is 2.57. The summed E-state index contributed by atoms with van der Waals surface area (Å²) in [6, 6.07) is 0. The average Bonchev–Trinajstić information content (AvgIpc) is 1.65. The molecule has 0 aliphatic carbocycles. The van der Waals surface area contributed by atoms with Crippen molar-refractivity contribution in [2.75, 3.05) is 0 Å². The van der Waals surface area contributed by atoms with Crippen molar-refractivity contribution in [1.29, 1.82) is 5.41 Å². The van der Waals surface area contributed by atoms with E-state index in [2.05, 4.69) is 0 Å². The smallest absolute Gasteiger partial charge is 0.128 e. The van der Waals surface area contributed by atoms with Crippen molar-refractivity contribution in [2.24, 2.45) is 5.92 Å².